The SMILES string of the molecule is CCCCN(Cc1ccc(O)c(F)c1)CC1CCCN1. The molecule has 0 saturated carbocycles. The molecule has 1 aliphatic rings. The summed E-state index contributed by atoms with van der Waals surface area (Å²) in [6.45, 7) is 6.10. The van der Waals surface area contributed by atoms with Crippen molar-refractivity contribution < 1.29 is 9.50 Å². The van der Waals surface area contributed by atoms with E-state index in [1.54, 1.807) is 6.07 Å². The van der Waals surface area contributed by atoms with Crippen molar-refractivity contribution in [3.8, 4) is 5.75 Å². The number of phenols is 1. The third-order valence-corrected chi connectivity index (χ3v) is 3.89. The number of benzene rings is 1. The highest BCUT2D eigenvalue weighted by molar-refractivity contribution is 5.27. The normalized spacial score (nSPS) is 18.9. The van der Waals surface area contributed by atoms with Gasteiger partial charge in [0, 0.05) is 19.1 Å². The van der Waals surface area contributed by atoms with E-state index in [-0.39, 0.29) is 5.75 Å². The summed E-state index contributed by atoms with van der Waals surface area (Å²) < 4.78 is 13.4. The average Bonchev–Trinajstić information content (AvgIpc) is 2.93. The smallest absolute Gasteiger partial charge is 0.165 e. The number of phenolic OH excluding ortho intramolecular Hbond substituents is 1. The van der Waals surface area contributed by atoms with E-state index in [0.29, 0.717) is 6.04 Å². The second-order valence-electron chi connectivity index (χ2n) is 5.67. The largest absolute Gasteiger partial charge is 0.505 e. The lowest BCUT2D eigenvalue weighted by Gasteiger charge is -2.25. The average molecular weight is 280 g/mol. The van der Waals surface area contributed by atoms with Gasteiger partial charge in [0.25, 0.3) is 0 Å². The maximum absolute atomic E-state index is 13.4. The van der Waals surface area contributed by atoms with E-state index in [2.05, 4.69) is 17.1 Å². The molecule has 1 saturated heterocycles. The minimum absolute atomic E-state index is 0.272. The first kappa shape index (κ1) is 15.3. The maximum Gasteiger partial charge on any atom is 0.165 e. The molecule has 0 amide bonds. The lowest BCUT2D eigenvalue weighted by atomic mass is 10.1. The van der Waals surface area contributed by atoms with Crippen molar-refractivity contribution in [2.75, 3.05) is 19.6 Å². The molecule has 1 aliphatic heterocycles. The first-order valence-corrected chi connectivity index (χ1v) is 7.62. The van der Waals surface area contributed by atoms with E-state index < -0.39 is 5.82 Å². The zero-order valence-corrected chi connectivity index (χ0v) is 12.2. The standard InChI is InChI=1S/C16H25FN2O/c1-2-3-9-19(12-14-5-4-8-18-14)11-13-6-7-16(20)15(17)10-13/h6-7,10,14,18,20H,2-5,8-9,11-12H2,1H3. The summed E-state index contributed by atoms with van der Waals surface area (Å²) in [4.78, 5) is 2.39. The summed E-state index contributed by atoms with van der Waals surface area (Å²) in [6, 6.07) is 5.25. The molecule has 2 N–H and O–H groups in total. The number of rotatable bonds is 7. The van der Waals surface area contributed by atoms with E-state index in [0.717, 1.165) is 38.2 Å². The minimum Gasteiger partial charge on any atom is -0.505 e. The molecular weight excluding hydrogens is 255 g/mol. The summed E-state index contributed by atoms with van der Waals surface area (Å²) in [7, 11) is 0. The van der Waals surface area contributed by atoms with Gasteiger partial charge in [-0.15, -0.1) is 0 Å². The number of unbranched alkanes of at least 4 members (excludes halogenated alkanes) is 1. The lowest BCUT2D eigenvalue weighted by molar-refractivity contribution is 0.237. The van der Waals surface area contributed by atoms with Crippen LogP contribution in [0, 0.1) is 5.82 Å². The molecule has 2 rings (SSSR count). The van der Waals surface area contributed by atoms with Gasteiger partial charge in [-0.3, -0.25) is 4.90 Å². The fraction of sp³-hybridized carbons (Fsp3) is 0.625. The molecule has 1 heterocycles. The molecule has 1 unspecified atom stereocenters. The van der Waals surface area contributed by atoms with Crippen LogP contribution in [0.4, 0.5) is 4.39 Å². The van der Waals surface area contributed by atoms with Crippen molar-refractivity contribution in [3.05, 3.63) is 29.6 Å². The third kappa shape index (κ3) is 4.46. The Hall–Kier alpha value is -1.13. The maximum atomic E-state index is 13.4. The summed E-state index contributed by atoms with van der Waals surface area (Å²) in [6.07, 6.45) is 4.80. The predicted octanol–water partition coefficient (Wildman–Crippen LogP) is 2.89. The first-order valence-electron chi connectivity index (χ1n) is 7.62. The molecule has 1 atom stereocenters. The van der Waals surface area contributed by atoms with E-state index in [1.165, 1.54) is 31.4 Å². The van der Waals surface area contributed by atoms with E-state index in [9.17, 15) is 9.50 Å². The highest BCUT2D eigenvalue weighted by atomic mass is 19.1. The molecule has 112 valence electrons. The summed E-state index contributed by atoms with van der Waals surface area (Å²) in [5.41, 5.74) is 0.925. The van der Waals surface area contributed by atoms with Crippen LogP contribution >= 0.6 is 0 Å². The van der Waals surface area contributed by atoms with Crippen molar-refractivity contribution in [1.29, 1.82) is 0 Å². The molecule has 3 nitrogen and oxygen atoms in total. The zero-order chi connectivity index (χ0) is 14.4. The van der Waals surface area contributed by atoms with Crippen molar-refractivity contribution in [3.63, 3.8) is 0 Å². The van der Waals surface area contributed by atoms with Crippen LogP contribution in [-0.4, -0.2) is 35.7 Å². The van der Waals surface area contributed by atoms with Gasteiger partial charge in [-0.2, -0.15) is 0 Å². The Kier molecular flexibility index (Phi) is 5.80. The number of hydrogen-bond donors (Lipinski definition) is 2. The molecule has 0 spiro atoms. The number of nitrogens with zero attached hydrogens (tertiary/aromatic N) is 1. The zero-order valence-electron chi connectivity index (χ0n) is 12.2. The highest BCUT2D eigenvalue weighted by Gasteiger charge is 2.18. The fourth-order valence-electron chi connectivity index (χ4n) is 2.75. The van der Waals surface area contributed by atoms with Gasteiger partial charge in [0.1, 0.15) is 0 Å². The first-order chi connectivity index (χ1) is 9.69. The van der Waals surface area contributed by atoms with Gasteiger partial charge in [0.15, 0.2) is 11.6 Å². The van der Waals surface area contributed by atoms with Gasteiger partial charge >= 0.3 is 0 Å². The van der Waals surface area contributed by atoms with Crippen LogP contribution in [0.3, 0.4) is 0 Å². The summed E-state index contributed by atoms with van der Waals surface area (Å²) >= 11 is 0. The van der Waals surface area contributed by atoms with Gasteiger partial charge < -0.3 is 10.4 Å². The number of halogens is 1. The quantitative estimate of drug-likeness (QED) is 0.806. The Labute approximate surface area is 120 Å². The number of aromatic hydroxyl groups is 1. The molecule has 1 aromatic carbocycles. The van der Waals surface area contributed by atoms with Crippen LogP contribution in [-0.2, 0) is 6.54 Å². The monoisotopic (exact) mass is 280 g/mol. The Morgan fingerprint density at radius 1 is 1.45 bits per heavy atom. The molecule has 0 bridgehead atoms. The molecule has 1 fully saturated rings. The second kappa shape index (κ2) is 7.60. The predicted molar refractivity (Wildman–Crippen MR) is 79.3 cm³/mol. The Bertz CT molecular complexity index is 419. The molecular formula is C16H25FN2O. The lowest BCUT2D eigenvalue weighted by Crippen LogP contribution is -2.37. The van der Waals surface area contributed by atoms with Crippen LogP contribution in [0.25, 0.3) is 0 Å². The van der Waals surface area contributed by atoms with Gasteiger partial charge in [-0.05, 0) is 50.0 Å². The van der Waals surface area contributed by atoms with Crippen molar-refractivity contribution in [2.24, 2.45) is 0 Å². The Balaban J connectivity index is 1.95. The molecule has 1 aromatic rings. The van der Waals surface area contributed by atoms with Crippen LogP contribution in [0.2, 0.25) is 0 Å². The molecule has 20 heavy (non-hydrogen) atoms. The second-order valence-corrected chi connectivity index (χ2v) is 5.67. The highest BCUT2D eigenvalue weighted by Crippen LogP contribution is 2.18. The van der Waals surface area contributed by atoms with Crippen LogP contribution in [0.15, 0.2) is 18.2 Å². The summed E-state index contributed by atoms with van der Waals surface area (Å²) in [5, 5.41) is 12.8. The van der Waals surface area contributed by atoms with Crippen LogP contribution in [0.1, 0.15) is 38.2 Å². The Morgan fingerprint density at radius 3 is 2.95 bits per heavy atom. The van der Waals surface area contributed by atoms with Gasteiger partial charge in [0.05, 0.1) is 0 Å². The van der Waals surface area contributed by atoms with Crippen molar-refractivity contribution in [1.82, 2.24) is 10.2 Å². The molecule has 0 aliphatic carbocycles. The fourth-order valence-corrected chi connectivity index (χ4v) is 2.75. The Morgan fingerprint density at radius 2 is 2.30 bits per heavy atom. The topological polar surface area (TPSA) is 35.5 Å². The molecule has 4 heteroatoms. The van der Waals surface area contributed by atoms with Crippen molar-refractivity contribution >= 4 is 0 Å². The molecule has 0 radical (unpaired) electrons. The van der Waals surface area contributed by atoms with Gasteiger partial charge in [0.2, 0.25) is 0 Å². The molecule has 0 aromatic heterocycles. The van der Waals surface area contributed by atoms with Gasteiger partial charge in [-0.1, -0.05) is 19.4 Å². The van der Waals surface area contributed by atoms with E-state index in [4.69, 9.17) is 0 Å². The van der Waals surface area contributed by atoms with Gasteiger partial charge in [-0.25, -0.2) is 4.39 Å². The van der Waals surface area contributed by atoms with E-state index >= 15 is 0 Å². The minimum atomic E-state index is -0.531. The summed E-state index contributed by atoms with van der Waals surface area (Å²) in [5.74, 6) is -0.803. The van der Waals surface area contributed by atoms with Crippen molar-refractivity contribution in [2.45, 2.75) is 45.2 Å². The van der Waals surface area contributed by atoms with Crippen LogP contribution in [0.5, 0.6) is 5.75 Å². The third-order valence-electron chi connectivity index (χ3n) is 3.89. The van der Waals surface area contributed by atoms with E-state index in [1.807, 2.05) is 0 Å². The number of hydrogen-bond acceptors (Lipinski definition) is 3. The van der Waals surface area contributed by atoms with Crippen LogP contribution < -0.4 is 5.32 Å². The number of nitrogens with one attached hydrogen (secondary N) is 1.